The lowest BCUT2D eigenvalue weighted by Crippen LogP contribution is -2.33. The second kappa shape index (κ2) is 9.48. The zero-order valence-electron chi connectivity index (χ0n) is 19.7. The fourth-order valence-corrected chi connectivity index (χ4v) is 6.25. The molecule has 0 unspecified atom stereocenters. The van der Waals surface area contributed by atoms with Crippen molar-refractivity contribution >= 4 is 32.7 Å². The van der Waals surface area contributed by atoms with E-state index in [2.05, 4.69) is 19.7 Å². The summed E-state index contributed by atoms with van der Waals surface area (Å²) in [5.41, 5.74) is 1.86. The van der Waals surface area contributed by atoms with Gasteiger partial charge in [0.15, 0.2) is 4.21 Å². The van der Waals surface area contributed by atoms with E-state index in [4.69, 9.17) is 14.2 Å². The maximum absolute atomic E-state index is 13.0. The van der Waals surface area contributed by atoms with Gasteiger partial charge in [-0.05, 0) is 32.0 Å². The van der Waals surface area contributed by atoms with Gasteiger partial charge in [0.25, 0.3) is 15.6 Å². The van der Waals surface area contributed by atoms with Gasteiger partial charge >= 0.3 is 0 Å². The van der Waals surface area contributed by atoms with Crippen LogP contribution in [-0.2, 0) is 14.8 Å². The molecule has 0 saturated carbocycles. The van der Waals surface area contributed by atoms with Crippen molar-refractivity contribution < 1.29 is 22.6 Å². The molecule has 1 N–H and O–H groups in total. The zero-order chi connectivity index (χ0) is 25.4. The van der Waals surface area contributed by atoms with Crippen LogP contribution in [0.2, 0.25) is 0 Å². The summed E-state index contributed by atoms with van der Waals surface area (Å²) in [7, 11) is -2.51. The highest BCUT2D eigenvalue weighted by molar-refractivity contribution is 7.94. The molecule has 0 atom stereocenters. The quantitative estimate of drug-likeness (QED) is 0.366. The first kappa shape index (κ1) is 24.2. The molecular formula is C23H23N5O6S2. The first-order valence-electron chi connectivity index (χ1n) is 11.0. The summed E-state index contributed by atoms with van der Waals surface area (Å²) in [5, 5.41) is 0.645. The molecule has 4 aromatic heterocycles. The number of thiazole rings is 1. The number of rotatable bonds is 8. The van der Waals surface area contributed by atoms with Crippen LogP contribution in [0.1, 0.15) is 10.7 Å². The van der Waals surface area contributed by atoms with Crippen molar-refractivity contribution in [1.82, 2.24) is 19.4 Å². The number of hydrogen-bond acceptors (Lipinski definition) is 10. The fraction of sp³-hybridized carbons (Fsp3) is 0.304. The van der Waals surface area contributed by atoms with Crippen molar-refractivity contribution in [3.63, 3.8) is 0 Å². The van der Waals surface area contributed by atoms with Crippen molar-refractivity contribution in [2.24, 2.45) is 5.92 Å². The van der Waals surface area contributed by atoms with Crippen molar-refractivity contribution in [3.05, 3.63) is 57.8 Å². The second-order valence-corrected chi connectivity index (χ2v) is 11.4. The van der Waals surface area contributed by atoms with Crippen LogP contribution in [0.25, 0.3) is 16.8 Å². The number of pyridine rings is 2. The lowest BCUT2D eigenvalue weighted by Gasteiger charge is -2.25. The second-order valence-electron chi connectivity index (χ2n) is 8.28. The van der Waals surface area contributed by atoms with Crippen LogP contribution >= 0.6 is 11.3 Å². The zero-order valence-corrected chi connectivity index (χ0v) is 21.4. The molecule has 0 aliphatic carbocycles. The SMILES string of the molecule is COc1ncc(-c2ccc3ncc(OCC4COC4)c(=O)n3c2)cc1NS(=O)(=O)c1sc(C)nc1C. The van der Waals surface area contributed by atoms with Crippen LogP contribution in [0.15, 0.2) is 45.8 Å². The van der Waals surface area contributed by atoms with E-state index in [9.17, 15) is 13.2 Å². The largest absolute Gasteiger partial charge is 0.486 e. The van der Waals surface area contributed by atoms with E-state index >= 15 is 0 Å². The lowest BCUT2D eigenvalue weighted by atomic mass is 10.1. The van der Waals surface area contributed by atoms with Gasteiger partial charge in [0.05, 0.1) is 43.8 Å². The van der Waals surface area contributed by atoms with Crippen molar-refractivity contribution in [1.29, 1.82) is 0 Å². The summed E-state index contributed by atoms with van der Waals surface area (Å²) >= 11 is 1.08. The topological polar surface area (TPSA) is 134 Å². The third-order valence-electron chi connectivity index (χ3n) is 5.58. The average molecular weight is 530 g/mol. The van der Waals surface area contributed by atoms with Gasteiger partial charge in [0.1, 0.15) is 11.3 Å². The summed E-state index contributed by atoms with van der Waals surface area (Å²) < 4.78 is 46.2. The number of nitrogens with one attached hydrogen (secondary N) is 1. The Bertz CT molecular complexity index is 1610. The summed E-state index contributed by atoms with van der Waals surface area (Å²) in [6.07, 6.45) is 4.57. The number of nitrogens with zero attached hydrogens (tertiary/aromatic N) is 4. The highest BCUT2D eigenvalue weighted by Crippen LogP contribution is 2.32. The van der Waals surface area contributed by atoms with E-state index in [1.54, 1.807) is 38.2 Å². The first-order valence-corrected chi connectivity index (χ1v) is 13.3. The Morgan fingerprint density at radius 3 is 2.67 bits per heavy atom. The Morgan fingerprint density at radius 2 is 2.00 bits per heavy atom. The van der Waals surface area contributed by atoms with Gasteiger partial charge in [-0.3, -0.25) is 13.9 Å². The molecule has 0 aromatic carbocycles. The Hall–Kier alpha value is -3.55. The predicted octanol–water partition coefficient (Wildman–Crippen LogP) is 2.66. The van der Waals surface area contributed by atoms with Crippen LogP contribution in [-0.4, -0.2) is 54.7 Å². The first-order chi connectivity index (χ1) is 17.2. The molecule has 1 aliphatic heterocycles. The smallest absolute Gasteiger partial charge is 0.300 e. The predicted molar refractivity (Wildman–Crippen MR) is 133 cm³/mol. The minimum atomic E-state index is -3.92. The van der Waals surface area contributed by atoms with Crippen molar-refractivity contribution in [2.75, 3.05) is 31.7 Å². The summed E-state index contributed by atoms with van der Waals surface area (Å²) in [4.78, 5) is 25.8. The summed E-state index contributed by atoms with van der Waals surface area (Å²) in [5.74, 6) is 0.520. The number of sulfonamides is 1. The van der Waals surface area contributed by atoms with Gasteiger partial charge in [0, 0.05) is 29.4 Å². The van der Waals surface area contributed by atoms with E-state index in [1.165, 1.54) is 23.9 Å². The van der Waals surface area contributed by atoms with E-state index in [1.807, 2.05) is 0 Å². The molecule has 4 aromatic rings. The number of aromatic nitrogens is 4. The Kier molecular flexibility index (Phi) is 6.36. The summed E-state index contributed by atoms with van der Waals surface area (Å²) in [6, 6.07) is 5.06. The molecule has 0 bridgehead atoms. The molecule has 1 saturated heterocycles. The maximum atomic E-state index is 13.0. The normalized spacial score (nSPS) is 14.0. The Labute approximate surface area is 210 Å². The number of anilines is 1. The third-order valence-corrected chi connectivity index (χ3v) is 8.63. The van der Waals surface area contributed by atoms with Gasteiger partial charge in [-0.15, -0.1) is 11.3 Å². The number of ether oxygens (including phenoxy) is 3. The highest BCUT2D eigenvalue weighted by Gasteiger charge is 2.24. The maximum Gasteiger partial charge on any atom is 0.300 e. The molecule has 0 spiro atoms. The van der Waals surface area contributed by atoms with Crippen LogP contribution in [0.5, 0.6) is 11.6 Å². The van der Waals surface area contributed by atoms with Crippen LogP contribution in [0, 0.1) is 19.8 Å². The van der Waals surface area contributed by atoms with Gasteiger partial charge in [-0.1, -0.05) is 0 Å². The van der Waals surface area contributed by atoms with Crippen LogP contribution in [0.3, 0.4) is 0 Å². The van der Waals surface area contributed by atoms with Crippen LogP contribution in [0.4, 0.5) is 5.69 Å². The molecule has 1 aliphatic rings. The molecule has 188 valence electrons. The molecule has 0 radical (unpaired) electrons. The number of aryl methyl sites for hydroxylation is 2. The van der Waals surface area contributed by atoms with Gasteiger partial charge in [0.2, 0.25) is 11.6 Å². The lowest BCUT2D eigenvalue weighted by molar-refractivity contribution is -0.0510. The van der Waals surface area contributed by atoms with Crippen LogP contribution < -0.4 is 19.8 Å². The number of hydrogen-bond donors (Lipinski definition) is 1. The molecule has 5 heterocycles. The average Bonchev–Trinajstić information content (AvgIpc) is 3.18. The molecular weight excluding hydrogens is 506 g/mol. The highest BCUT2D eigenvalue weighted by atomic mass is 32.2. The van der Waals surface area contributed by atoms with Crippen molar-refractivity contribution in [2.45, 2.75) is 18.1 Å². The molecule has 0 amide bonds. The Balaban J connectivity index is 1.49. The molecule has 5 rings (SSSR count). The van der Waals surface area contributed by atoms with Gasteiger partial charge in [-0.25, -0.2) is 23.4 Å². The van der Waals surface area contributed by atoms with E-state index in [0.717, 1.165) is 11.3 Å². The fourth-order valence-electron chi connectivity index (χ4n) is 3.72. The van der Waals surface area contributed by atoms with E-state index < -0.39 is 10.0 Å². The van der Waals surface area contributed by atoms with Gasteiger partial charge in [-0.2, -0.15) is 0 Å². The standard InChI is InChI=1S/C23H23N5O6S2/c1-13-23(35-14(2)26-13)36(30,31)27-18-6-17(7-25-21(18)32-3)16-4-5-20-24-8-19(22(29)28(20)9-16)34-12-15-10-33-11-15/h4-9,15,27H,10-12H2,1-3H3. The minimum Gasteiger partial charge on any atom is -0.486 e. The third kappa shape index (κ3) is 4.64. The number of methoxy groups -OCH3 is 1. The minimum absolute atomic E-state index is 0.108. The van der Waals surface area contributed by atoms with Gasteiger partial charge < -0.3 is 14.2 Å². The van der Waals surface area contributed by atoms with Crippen molar-refractivity contribution in [3.8, 4) is 22.8 Å². The molecule has 1 fully saturated rings. The van der Waals surface area contributed by atoms with E-state index in [0.29, 0.717) is 47.3 Å². The molecule has 36 heavy (non-hydrogen) atoms. The molecule has 11 nitrogen and oxygen atoms in total. The summed E-state index contributed by atoms with van der Waals surface area (Å²) in [6.45, 7) is 5.00. The Morgan fingerprint density at radius 1 is 1.19 bits per heavy atom. The number of fused-ring (bicyclic) bond motifs is 1. The van der Waals surface area contributed by atoms with E-state index in [-0.39, 0.29) is 33.0 Å². The monoisotopic (exact) mass is 529 g/mol. The molecule has 13 heteroatoms.